The van der Waals surface area contributed by atoms with Crippen molar-refractivity contribution in [2.24, 2.45) is 0 Å². The molecule has 3 rings (SSSR count). The number of hydrogen-bond acceptors (Lipinski definition) is 4. The van der Waals surface area contributed by atoms with E-state index < -0.39 is 0 Å². The van der Waals surface area contributed by atoms with E-state index >= 15 is 0 Å². The van der Waals surface area contributed by atoms with Gasteiger partial charge in [0.1, 0.15) is 11.4 Å². The summed E-state index contributed by atoms with van der Waals surface area (Å²) in [5, 5.41) is 5.00. The van der Waals surface area contributed by atoms with Gasteiger partial charge in [-0.3, -0.25) is 4.79 Å². The molecule has 2 aromatic heterocycles. The number of H-pyrrole nitrogens is 1. The Hall–Kier alpha value is -2.60. The zero-order valence-corrected chi connectivity index (χ0v) is 15.6. The maximum atomic E-state index is 12.0. The van der Waals surface area contributed by atoms with Gasteiger partial charge in [0.05, 0.1) is 17.8 Å². The third-order valence-corrected chi connectivity index (χ3v) is 4.88. The second kappa shape index (κ2) is 9.20. The number of thiophene rings is 1. The van der Waals surface area contributed by atoms with E-state index in [1.54, 1.807) is 17.7 Å². The third-order valence-electron chi connectivity index (χ3n) is 4.01. The average Bonchev–Trinajstić information content (AvgIpc) is 3.31. The molecule has 0 aliphatic heterocycles. The molecule has 136 valence electrons. The van der Waals surface area contributed by atoms with Crippen LogP contribution < -0.4 is 10.1 Å². The summed E-state index contributed by atoms with van der Waals surface area (Å²) in [5.74, 6) is 0.894. The van der Waals surface area contributed by atoms with E-state index in [4.69, 9.17) is 4.74 Å². The van der Waals surface area contributed by atoms with Crippen LogP contribution in [-0.4, -0.2) is 29.0 Å². The van der Waals surface area contributed by atoms with Gasteiger partial charge >= 0.3 is 0 Å². The first-order valence-corrected chi connectivity index (χ1v) is 9.62. The number of amides is 1. The van der Waals surface area contributed by atoms with Crippen LogP contribution in [0.25, 0.3) is 10.6 Å². The molecule has 26 heavy (non-hydrogen) atoms. The molecule has 3 aromatic rings. The van der Waals surface area contributed by atoms with Gasteiger partial charge in [0.25, 0.3) is 0 Å². The van der Waals surface area contributed by atoms with Crippen molar-refractivity contribution in [2.75, 3.05) is 13.2 Å². The Morgan fingerprint density at radius 1 is 1.27 bits per heavy atom. The number of benzene rings is 1. The Labute approximate surface area is 157 Å². The summed E-state index contributed by atoms with van der Waals surface area (Å²) in [5.41, 5.74) is 3.23. The largest absolute Gasteiger partial charge is 0.494 e. The summed E-state index contributed by atoms with van der Waals surface area (Å²) < 4.78 is 5.64. The molecule has 0 atom stereocenters. The van der Waals surface area contributed by atoms with Crippen molar-refractivity contribution in [3.05, 3.63) is 59.4 Å². The number of aromatic nitrogens is 2. The Kier molecular flexibility index (Phi) is 6.44. The van der Waals surface area contributed by atoms with E-state index in [2.05, 4.69) is 21.4 Å². The van der Waals surface area contributed by atoms with Gasteiger partial charge in [-0.1, -0.05) is 23.8 Å². The van der Waals surface area contributed by atoms with Gasteiger partial charge < -0.3 is 15.0 Å². The maximum absolute atomic E-state index is 12.0. The van der Waals surface area contributed by atoms with E-state index in [1.165, 1.54) is 5.56 Å². The van der Waals surface area contributed by atoms with Gasteiger partial charge in [-0.2, -0.15) is 0 Å². The van der Waals surface area contributed by atoms with Crippen LogP contribution >= 0.6 is 11.3 Å². The maximum Gasteiger partial charge on any atom is 0.220 e. The van der Waals surface area contributed by atoms with Crippen LogP contribution in [0.15, 0.2) is 48.1 Å². The van der Waals surface area contributed by atoms with E-state index in [0.29, 0.717) is 26.0 Å². The molecular weight excluding hydrogens is 346 g/mol. The number of rotatable bonds is 9. The van der Waals surface area contributed by atoms with Crippen molar-refractivity contribution in [2.45, 2.75) is 26.2 Å². The minimum atomic E-state index is 0.0506. The van der Waals surface area contributed by atoms with Crippen LogP contribution in [0.2, 0.25) is 0 Å². The van der Waals surface area contributed by atoms with Crippen molar-refractivity contribution in [3.63, 3.8) is 0 Å². The number of aryl methyl sites for hydroxylation is 1. The number of nitrogens with zero attached hydrogens (tertiary/aromatic N) is 1. The van der Waals surface area contributed by atoms with E-state index in [9.17, 15) is 4.79 Å². The van der Waals surface area contributed by atoms with Crippen molar-refractivity contribution in [1.82, 2.24) is 15.3 Å². The first-order chi connectivity index (χ1) is 12.7. The summed E-state index contributed by atoms with van der Waals surface area (Å²) >= 11 is 1.66. The van der Waals surface area contributed by atoms with E-state index in [1.807, 2.05) is 42.6 Å². The van der Waals surface area contributed by atoms with Gasteiger partial charge in [-0.15, -0.1) is 11.3 Å². The molecule has 1 aromatic carbocycles. The smallest absolute Gasteiger partial charge is 0.220 e. The van der Waals surface area contributed by atoms with Crippen LogP contribution in [0.5, 0.6) is 5.75 Å². The highest BCUT2D eigenvalue weighted by atomic mass is 32.1. The SMILES string of the molecule is Cc1ccc(OCCCC(=O)NCCc2[nH]cnc2-c2cccs2)cc1. The Morgan fingerprint density at radius 3 is 2.88 bits per heavy atom. The summed E-state index contributed by atoms with van der Waals surface area (Å²) in [4.78, 5) is 20.6. The monoisotopic (exact) mass is 369 g/mol. The van der Waals surface area contributed by atoms with E-state index in [-0.39, 0.29) is 5.91 Å². The fourth-order valence-electron chi connectivity index (χ4n) is 2.61. The van der Waals surface area contributed by atoms with Crippen LogP contribution in [0, 0.1) is 6.92 Å². The van der Waals surface area contributed by atoms with Gasteiger partial charge in [-0.05, 0) is 36.9 Å². The highest BCUT2D eigenvalue weighted by molar-refractivity contribution is 7.13. The van der Waals surface area contributed by atoms with Crippen molar-refractivity contribution in [1.29, 1.82) is 0 Å². The number of imidazole rings is 1. The van der Waals surface area contributed by atoms with Crippen LogP contribution in [0.1, 0.15) is 24.1 Å². The third kappa shape index (κ3) is 5.20. The minimum absolute atomic E-state index is 0.0506. The Morgan fingerprint density at radius 2 is 2.12 bits per heavy atom. The van der Waals surface area contributed by atoms with Gasteiger partial charge in [0.2, 0.25) is 5.91 Å². The fraction of sp³-hybridized carbons (Fsp3) is 0.300. The molecule has 2 N–H and O–H groups in total. The Bertz CT molecular complexity index is 810. The van der Waals surface area contributed by atoms with Crippen molar-refractivity contribution in [3.8, 4) is 16.3 Å². The summed E-state index contributed by atoms with van der Waals surface area (Å²) in [6.45, 7) is 3.18. The molecule has 0 unspecified atom stereocenters. The molecule has 0 aliphatic carbocycles. The number of carbonyl (C=O) groups excluding carboxylic acids is 1. The standard InChI is InChI=1S/C20H23N3O2S/c1-15-6-8-16(9-7-15)25-12-2-5-19(24)21-11-10-17-20(23-14-22-17)18-4-3-13-26-18/h3-4,6-9,13-14H,2,5,10-12H2,1H3,(H,21,24)(H,22,23). The molecule has 0 spiro atoms. The lowest BCUT2D eigenvalue weighted by Gasteiger charge is -2.07. The zero-order chi connectivity index (χ0) is 18.2. The van der Waals surface area contributed by atoms with Crippen molar-refractivity contribution < 1.29 is 9.53 Å². The second-order valence-corrected chi connectivity index (χ2v) is 7.02. The first-order valence-electron chi connectivity index (χ1n) is 8.74. The number of hydrogen-bond donors (Lipinski definition) is 2. The minimum Gasteiger partial charge on any atom is -0.494 e. The number of carbonyl (C=O) groups is 1. The van der Waals surface area contributed by atoms with Gasteiger partial charge in [0.15, 0.2) is 0 Å². The summed E-state index contributed by atoms with van der Waals surface area (Å²) in [6, 6.07) is 12.0. The first kappa shape index (κ1) is 18.2. The molecule has 0 fully saturated rings. The van der Waals surface area contributed by atoms with Crippen LogP contribution in [-0.2, 0) is 11.2 Å². The Balaban J connectivity index is 1.33. The summed E-state index contributed by atoms with van der Waals surface area (Å²) in [6.07, 6.45) is 3.60. The lowest BCUT2D eigenvalue weighted by atomic mass is 10.2. The molecule has 0 aliphatic rings. The predicted molar refractivity (Wildman–Crippen MR) is 105 cm³/mol. The zero-order valence-electron chi connectivity index (χ0n) is 14.8. The highest BCUT2D eigenvalue weighted by Gasteiger charge is 2.09. The van der Waals surface area contributed by atoms with Gasteiger partial charge in [0, 0.05) is 25.1 Å². The lowest BCUT2D eigenvalue weighted by Crippen LogP contribution is -2.26. The van der Waals surface area contributed by atoms with Crippen LogP contribution in [0.4, 0.5) is 0 Å². The molecular formula is C20H23N3O2S. The van der Waals surface area contributed by atoms with Crippen LogP contribution in [0.3, 0.4) is 0 Å². The topological polar surface area (TPSA) is 67.0 Å². The molecule has 2 heterocycles. The molecule has 0 radical (unpaired) electrons. The quantitative estimate of drug-likeness (QED) is 0.561. The lowest BCUT2D eigenvalue weighted by molar-refractivity contribution is -0.121. The molecule has 6 heteroatoms. The number of aromatic amines is 1. The predicted octanol–water partition coefficient (Wildman–Crippen LogP) is 3.96. The second-order valence-electron chi connectivity index (χ2n) is 6.07. The molecule has 1 amide bonds. The van der Waals surface area contributed by atoms with E-state index in [0.717, 1.165) is 28.4 Å². The highest BCUT2D eigenvalue weighted by Crippen LogP contribution is 2.25. The molecule has 0 bridgehead atoms. The fourth-order valence-corrected chi connectivity index (χ4v) is 3.36. The molecule has 0 saturated carbocycles. The molecule has 0 saturated heterocycles. The number of nitrogens with one attached hydrogen (secondary N) is 2. The molecule has 5 nitrogen and oxygen atoms in total. The van der Waals surface area contributed by atoms with Gasteiger partial charge in [-0.25, -0.2) is 4.98 Å². The number of ether oxygens (including phenoxy) is 1. The average molecular weight is 369 g/mol. The van der Waals surface area contributed by atoms with Crippen molar-refractivity contribution >= 4 is 17.2 Å². The summed E-state index contributed by atoms with van der Waals surface area (Å²) in [7, 11) is 0. The normalized spacial score (nSPS) is 10.7.